The lowest BCUT2D eigenvalue weighted by molar-refractivity contribution is -0.137. The van der Waals surface area contributed by atoms with Gasteiger partial charge in [0.05, 0.1) is 12.7 Å². The highest BCUT2D eigenvalue weighted by atomic mass is 19.4. The summed E-state index contributed by atoms with van der Waals surface area (Å²) in [6.07, 6.45) is -3.93. The monoisotopic (exact) mass is 394 g/mol. The number of benzene rings is 2. The highest BCUT2D eigenvalue weighted by molar-refractivity contribution is 5.97. The summed E-state index contributed by atoms with van der Waals surface area (Å²) in [6, 6.07) is 11.5. The molecule has 8 heteroatoms. The molecule has 0 radical (unpaired) electrons. The zero-order chi connectivity index (χ0) is 20.7. The average molecular weight is 394 g/mol. The third-order valence-corrected chi connectivity index (χ3v) is 4.10. The fourth-order valence-electron chi connectivity index (χ4n) is 2.66. The molecular formula is C20H21F3N2O3. The third-order valence-electron chi connectivity index (χ3n) is 4.10. The quantitative estimate of drug-likeness (QED) is 0.783. The Hall–Kier alpha value is -3.03. The molecule has 0 atom stereocenters. The van der Waals surface area contributed by atoms with Crippen LogP contribution < -0.4 is 15.0 Å². The number of carbonyl (C=O) groups excluding carboxylic acids is 2. The van der Waals surface area contributed by atoms with Crippen molar-refractivity contribution in [3.05, 3.63) is 59.7 Å². The van der Waals surface area contributed by atoms with Gasteiger partial charge in [-0.15, -0.1) is 0 Å². The second kappa shape index (κ2) is 9.25. The normalized spacial score (nSPS) is 11.0. The van der Waals surface area contributed by atoms with E-state index in [2.05, 4.69) is 5.32 Å². The molecule has 0 saturated carbocycles. The van der Waals surface area contributed by atoms with E-state index in [0.29, 0.717) is 18.7 Å². The van der Waals surface area contributed by atoms with Crippen molar-refractivity contribution < 1.29 is 27.5 Å². The van der Waals surface area contributed by atoms with E-state index in [4.69, 9.17) is 4.74 Å². The molecule has 0 aliphatic carbocycles. The number of anilines is 1. The van der Waals surface area contributed by atoms with Crippen LogP contribution in [-0.2, 0) is 22.2 Å². The lowest BCUT2D eigenvalue weighted by Crippen LogP contribution is -2.40. The van der Waals surface area contributed by atoms with E-state index in [1.54, 1.807) is 7.11 Å². The molecule has 28 heavy (non-hydrogen) atoms. The third kappa shape index (κ3) is 5.73. The van der Waals surface area contributed by atoms with Gasteiger partial charge in [-0.25, -0.2) is 0 Å². The van der Waals surface area contributed by atoms with Crippen LogP contribution in [0.1, 0.15) is 18.1 Å². The fourth-order valence-corrected chi connectivity index (χ4v) is 2.66. The first-order chi connectivity index (χ1) is 13.2. The van der Waals surface area contributed by atoms with Crippen molar-refractivity contribution in [1.82, 2.24) is 5.32 Å². The zero-order valence-corrected chi connectivity index (χ0v) is 15.5. The summed E-state index contributed by atoms with van der Waals surface area (Å²) in [6.45, 7) is 1.30. The van der Waals surface area contributed by atoms with Crippen molar-refractivity contribution in [3.63, 3.8) is 0 Å². The van der Waals surface area contributed by atoms with Crippen molar-refractivity contribution >= 4 is 17.5 Å². The minimum Gasteiger partial charge on any atom is -0.496 e. The van der Waals surface area contributed by atoms with E-state index < -0.39 is 23.6 Å². The van der Waals surface area contributed by atoms with Crippen LogP contribution in [0.15, 0.2) is 48.5 Å². The molecule has 2 aromatic rings. The smallest absolute Gasteiger partial charge is 0.416 e. The van der Waals surface area contributed by atoms with Crippen LogP contribution >= 0.6 is 0 Å². The van der Waals surface area contributed by atoms with Gasteiger partial charge < -0.3 is 15.0 Å². The topological polar surface area (TPSA) is 58.6 Å². The van der Waals surface area contributed by atoms with E-state index in [1.807, 2.05) is 24.3 Å². The number of hydrogen-bond acceptors (Lipinski definition) is 3. The predicted molar refractivity (Wildman–Crippen MR) is 99.2 cm³/mol. The Balaban J connectivity index is 1.96. The molecule has 0 aliphatic heterocycles. The molecule has 0 spiro atoms. The van der Waals surface area contributed by atoms with Gasteiger partial charge in [-0.2, -0.15) is 13.2 Å². The lowest BCUT2D eigenvalue weighted by atomic mass is 10.1. The number of rotatable bonds is 7. The molecule has 1 N–H and O–H groups in total. The Bertz CT molecular complexity index is 820. The predicted octanol–water partition coefficient (Wildman–Crippen LogP) is 3.43. The molecule has 0 saturated heterocycles. The average Bonchev–Trinajstić information content (AvgIpc) is 2.65. The molecule has 2 aromatic carbocycles. The summed E-state index contributed by atoms with van der Waals surface area (Å²) in [5.74, 6) is -0.142. The Morgan fingerprint density at radius 2 is 1.71 bits per heavy atom. The van der Waals surface area contributed by atoms with Crippen LogP contribution in [0.25, 0.3) is 0 Å². The number of hydrogen-bond donors (Lipinski definition) is 1. The number of amides is 2. The number of nitrogens with one attached hydrogen (secondary N) is 1. The van der Waals surface area contributed by atoms with Gasteiger partial charge in [0, 0.05) is 19.2 Å². The van der Waals surface area contributed by atoms with Crippen molar-refractivity contribution in [3.8, 4) is 5.75 Å². The van der Waals surface area contributed by atoms with Gasteiger partial charge in [-0.1, -0.05) is 18.2 Å². The molecular weight excluding hydrogens is 373 g/mol. The van der Waals surface area contributed by atoms with Gasteiger partial charge in [-0.3, -0.25) is 9.59 Å². The highest BCUT2D eigenvalue weighted by Crippen LogP contribution is 2.30. The van der Waals surface area contributed by atoms with E-state index in [1.165, 1.54) is 19.1 Å². The molecule has 0 aromatic heterocycles. The number of carbonyl (C=O) groups is 2. The Kier molecular flexibility index (Phi) is 7.03. The van der Waals surface area contributed by atoms with Crippen molar-refractivity contribution in [2.45, 2.75) is 19.5 Å². The molecule has 5 nitrogen and oxygen atoms in total. The maximum atomic E-state index is 12.7. The molecule has 2 rings (SSSR count). The zero-order valence-electron chi connectivity index (χ0n) is 15.5. The standard InChI is InChI=1S/C20H21F3N2O3/c1-14(26)25(17-9-7-16(8-10-17)20(21,22)23)13-19(27)24-12-11-15-5-3-4-6-18(15)28-2/h3-10H,11-13H2,1-2H3,(H,24,27). The minimum atomic E-state index is -4.46. The van der Waals surface area contributed by atoms with E-state index in [0.717, 1.165) is 22.6 Å². The van der Waals surface area contributed by atoms with E-state index in [-0.39, 0.29) is 12.2 Å². The summed E-state index contributed by atoms with van der Waals surface area (Å²) in [5, 5.41) is 2.70. The van der Waals surface area contributed by atoms with Crippen LogP contribution in [-0.4, -0.2) is 32.0 Å². The fraction of sp³-hybridized carbons (Fsp3) is 0.300. The van der Waals surface area contributed by atoms with Crippen LogP contribution in [0.3, 0.4) is 0 Å². The van der Waals surface area contributed by atoms with Crippen LogP contribution in [0.2, 0.25) is 0 Å². The number of alkyl halides is 3. The maximum absolute atomic E-state index is 12.7. The molecule has 150 valence electrons. The number of nitrogens with zero attached hydrogens (tertiary/aromatic N) is 1. The molecule has 0 heterocycles. The van der Waals surface area contributed by atoms with Gasteiger partial charge in [0.1, 0.15) is 12.3 Å². The second-order valence-corrected chi connectivity index (χ2v) is 6.06. The Morgan fingerprint density at radius 3 is 2.29 bits per heavy atom. The second-order valence-electron chi connectivity index (χ2n) is 6.06. The van der Waals surface area contributed by atoms with Gasteiger partial charge >= 0.3 is 6.18 Å². The van der Waals surface area contributed by atoms with Crippen molar-refractivity contribution in [2.24, 2.45) is 0 Å². The first kappa shape index (κ1) is 21.3. The number of methoxy groups -OCH3 is 1. The summed E-state index contributed by atoms with van der Waals surface area (Å²) >= 11 is 0. The lowest BCUT2D eigenvalue weighted by Gasteiger charge is -2.21. The molecule has 0 fully saturated rings. The molecule has 2 amide bonds. The van der Waals surface area contributed by atoms with Crippen molar-refractivity contribution in [2.75, 3.05) is 25.1 Å². The molecule has 0 unspecified atom stereocenters. The first-order valence-corrected chi connectivity index (χ1v) is 8.56. The minimum absolute atomic E-state index is 0.223. The number of halogens is 3. The van der Waals surface area contributed by atoms with Gasteiger partial charge in [0.25, 0.3) is 0 Å². The largest absolute Gasteiger partial charge is 0.496 e. The Morgan fingerprint density at radius 1 is 1.07 bits per heavy atom. The SMILES string of the molecule is COc1ccccc1CCNC(=O)CN(C(C)=O)c1ccc(C(F)(F)F)cc1. The van der Waals surface area contributed by atoms with E-state index in [9.17, 15) is 22.8 Å². The summed E-state index contributed by atoms with van der Waals surface area (Å²) in [4.78, 5) is 25.2. The highest BCUT2D eigenvalue weighted by Gasteiger charge is 2.30. The summed E-state index contributed by atoms with van der Waals surface area (Å²) in [7, 11) is 1.56. The number of para-hydroxylation sites is 1. The van der Waals surface area contributed by atoms with Gasteiger partial charge in [0.2, 0.25) is 11.8 Å². The van der Waals surface area contributed by atoms with Crippen LogP contribution in [0.4, 0.5) is 18.9 Å². The van der Waals surface area contributed by atoms with Crippen LogP contribution in [0, 0.1) is 0 Å². The van der Waals surface area contributed by atoms with Gasteiger partial charge in [0.15, 0.2) is 0 Å². The first-order valence-electron chi connectivity index (χ1n) is 8.56. The molecule has 0 aliphatic rings. The molecule has 0 bridgehead atoms. The van der Waals surface area contributed by atoms with Gasteiger partial charge in [-0.05, 0) is 42.3 Å². The Labute approximate surface area is 161 Å². The van der Waals surface area contributed by atoms with E-state index >= 15 is 0 Å². The van der Waals surface area contributed by atoms with Crippen LogP contribution in [0.5, 0.6) is 5.75 Å². The van der Waals surface area contributed by atoms with Crippen molar-refractivity contribution in [1.29, 1.82) is 0 Å². The summed E-state index contributed by atoms with van der Waals surface area (Å²) < 4.78 is 43.3. The summed E-state index contributed by atoms with van der Waals surface area (Å²) in [5.41, 5.74) is 0.331. The number of ether oxygens (including phenoxy) is 1. The maximum Gasteiger partial charge on any atom is 0.416 e.